The van der Waals surface area contributed by atoms with Crippen LogP contribution in [0.25, 0.3) is 11.0 Å². The van der Waals surface area contributed by atoms with Gasteiger partial charge in [0.1, 0.15) is 5.58 Å². The summed E-state index contributed by atoms with van der Waals surface area (Å²) in [5.74, 6) is 0. The Morgan fingerprint density at radius 1 is 0.760 bits per heavy atom. The highest BCUT2D eigenvalue weighted by molar-refractivity contribution is 5.85. The number of aryl methyl sites for hydroxylation is 1. The van der Waals surface area contributed by atoms with Crippen molar-refractivity contribution in [3.05, 3.63) is 101 Å². The Morgan fingerprint density at radius 2 is 1.36 bits per heavy atom. The van der Waals surface area contributed by atoms with E-state index in [0.29, 0.717) is 16.5 Å². The molecule has 0 fully saturated rings. The third kappa shape index (κ3) is 2.81. The Morgan fingerprint density at radius 3 is 1.96 bits per heavy atom. The molecule has 0 saturated heterocycles. The SMILES string of the molecule is Cc1coc2cc(N(c3ccccc3)c3ccccc3)ccc2c1=O. The van der Waals surface area contributed by atoms with Gasteiger partial charge in [0.2, 0.25) is 0 Å². The summed E-state index contributed by atoms with van der Waals surface area (Å²) in [6.07, 6.45) is 1.52. The zero-order chi connectivity index (χ0) is 17.2. The molecule has 3 heteroatoms. The van der Waals surface area contributed by atoms with E-state index in [9.17, 15) is 4.79 Å². The van der Waals surface area contributed by atoms with Crippen LogP contribution < -0.4 is 10.3 Å². The number of rotatable bonds is 3. The lowest BCUT2D eigenvalue weighted by Gasteiger charge is -2.25. The molecule has 0 aliphatic heterocycles. The molecule has 0 N–H and O–H groups in total. The molecule has 0 amide bonds. The van der Waals surface area contributed by atoms with Gasteiger partial charge in [-0.15, -0.1) is 0 Å². The number of nitrogens with zero attached hydrogens (tertiary/aromatic N) is 1. The van der Waals surface area contributed by atoms with Crippen molar-refractivity contribution in [3.8, 4) is 0 Å². The molecule has 122 valence electrons. The van der Waals surface area contributed by atoms with Gasteiger partial charge in [-0.25, -0.2) is 0 Å². The molecule has 1 heterocycles. The van der Waals surface area contributed by atoms with Crippen LogP contribution in [0.15, 0.2) is 94.3 Å². The summed E-state index contributed by atoms with van der Waals surface area (Å²) in [5.41, 5.74) is 4.24. The zero-order valence-corrected chi connectivity index (χ0v) is 13.8. The second-order valence-electron chi connectivity index (χ2n) is 5.93. The van der Waals surface area contributed by atoms with Crippen LogP contribution in [-0.2, 0) is 0 Å². The Bertz CT molecular complexity index is 1030. The highest BCUT2D eigenvalue weighted by Crippen LogP contribution is 2.35. The van der Waals surface area contributed by atoms with Crippen molar-refractivity contribution in [1.82, 2.24) is 0 Å². The minimum absolute atomic E-state index is 0.0128. The number of anilines is 3. The quantitative estimate of drug-likeness (QED) is 0.493. The summed E-state index contributed by atoms with van der Waals surface area (Å²) >= 11 is 0. The lowest BCUT2D eigenvalue weighted by molar-refractivity contribution is 0.597. The van der Waals surface area contributed by atoms with Gasteiger partial charge in [-0.05, 0) is 43.3 Å². The van der Waals surface area contributed by atoms with E-state index in [-0.39, 0.29) is 5.43 Å². The Hall–Kier alpha value is -3.33. The van der Waals surface area contributed by atoms with Gasteiger partial charge in [0.05, 0.1) is 11.6 Å². The van der Waals surface area contributed by atoms with E-state index >= 15 is 0 Å². The summed E-state index contributed by atoms with van der Waals surface area (Å²) in [6.45, 7) is 1.76. The van der Waals surface area contributed by atoms with Crippen molar-refractivity contribution in [2.45, 2.75) is 6.92 Å². The molecule has 3 aromatic carbocycles. The number of para-hydroxylation sites is 2. The van der Waals surface area contributed by atoms with E-state index in [0.717, 1.165) is 17.1 Å². The van der Waals surface area contributed by atoms with Gasteiger partial charge in [0, 0.05) is 28.7 Å². The maximum Gasteiger partial charge on any atom is 0.195 e. The summed E-state index contributed by atoms with van der Waals surface area (Å²) in [4.78, 5) is 14.4. The molecule has 25 heavy (non-hydrogen) atoms. The lowest BCUT2D eigenvalue weighted by atomic mass is 10.1. The molecule has 0 saturated carbocycles. The minimum atomic E-state index is 0.0128. The standard InChI is InChI=1S/C22H17NO2/c1-16-15-25-21-14-19(12-13-20(21)22(16)24)23(17-8-4-2-5-9-17)18-10-6-3-7-11-18/h2-15H,1H3. The van der Waals surface area contributed by atoms with Crippen LogP contribution >= 0.6 is 0 Å². The maximum atomic E-state index is 12.3. The van der Waals surface area contributed by atoms with Crippen LogP contribution in [0.4, 0.5) is 17.1 Å². The smallest absolute Gasteiger partial charge is 0.195 e. The summed E-state index contributed by atoms with van der Waals surface area (Å²) < 4.78 is 5.66. The van der Waals surface area contributed by atoms with Gasteiger partial charge in [-0.1, -0.05) is 36.4 Å². The van der Waals surface area contributed by atoms with Gasteiger partial charge in [-0.3, -0.25) is 4.79 Å². The Labute approximate surface area is 145 Å². The molecule has 0 radical (unpaired) electrons. The average Bonchev–Trinajstić information content (AvgIpc) is 2.67. The predicted octanol–water partition coefficient (Wildman–Crippen LogP) is 5.57. The molecule has 0 unspecified atom stereocenters. The van der Waals surface area contributed by atoms with Crippen molar-refractivity contribution in [3.63, 3.8) is 0 Å². The van der Waals surface area contributed by atoms with Crippen LogP contribution in [-0.4, -0.2) is 0 Å². The number of fused-ring (bicyclic) bond motifs is 1. The van der Waals surface area contributed by atoms with E-state index in [1.807, 2.05) is 54.6 Å². The summed E-state index contributed by atoms with van der Waals surface area (Å²) in [6, 6.07) is 26.0. The molecule has 0 aliphatic carbocycles. The molecule has 0 aliphatic rings. The first-order valence-corrected chi connectivity index (χ1v) is 8.16. The van der Waals surface area contributed by atoms with E-state index in [1.54, 1.807) is 6.92 Å². The van der Waals surface area contributed by atoms with Crippen molar-refractivity contribution in [1.29, 1.82) is 0 Å². The van der Waals surface area contributed by atoms with E-state index in [1.165, 1.54) is 6.26 Å². The van der Waals surface area contributed by atoms with Crippen molar-refractivity contribution in [2.24, 2.45) is 0 Å². The number of hydrogen-bond donors (Lipinski definition) is 0. The summed E-state index contributed by atoms with van der Waals surface area (Å²) in [7, 11) is 0. The zero-order valence-electron chi connectivity index (χ0n) is 13.8. The molecular formula is C22H17NO2. The van der Waals surface area contributed by atoms with Gasteiger partial charge < -0.3 is 9.32 Å². The Kier molecular flexibility index (Phi) is 3.82. The monoisotopic (exact) mass is 327 g/mol. The highest BCUT2D eigenvalue weighted by Gasteiger charge is 2.13. The van der Waals surface area contributed by atoms with Crippen LogP contribution in [0.5, 0.6) is 0 Å². The van der Waals surface area contributed by atoms with Crippen LogP contribution in [0.1, 0.15) is 5.56 Å². The number of hydrogen-bond acceptors (Lipinski definition) is 3. The third-order valence-electron chi connectivity index (χ3n) is 4.22. The minimum Gasteiger partial charge on any atom is -0.464 e. The van der Waals surface area contributed by atoms with Crippen molar-refractivity contribution >= 4 is 28.0 Å². The summed E-state index contributed by atoms with van der Waals surface area (Å²) in [5, 5.41) is 0.602. The molecule has 0 spiro atoms. The molecule has 3 nitrogen and oxygen atoms in total. The fraction of sp³-hybridized carbons (Fsp3) is 0.0455. The van der Waals surface area contributed by atoms with Crippen LogP contribution in [0, 0.1) is 6.92 Å². The van der Waals surface area contributed by atoms with Gasteiger partial charge in [0.15, 0.2) is 5.43 Å². The highest BCUT2D eigenvalue weighted by atomic mass is 16.3. The molecule has 4 aromatic rings. The predicted molar refractivity (Wildman–Crippen MR) is 102 cm³/mol. The molecular weight excluding hydrogens is 310 g/mol. The normalized spacial score (nSPS) is 10.8. The van der Waals surface area contributed by atoms with E-state index < -0.39 is 0 Å². The fourth-order valence-electron chi connectivity index (χ4n) is 2.95. The van der Waals surface area contributed by atoms with Gasteiger partial charge >= 0.3 is 0 Å². The molecule has 4 rings (SSSR count). The lowest BCUT2D eigenvalue weighted by Crippen LogP contribution is -2.10. The first-order valence-electron chi connectivity index (χ1n) is 8.16. The number of benzene rings is 3. The van der Waals surface area contributed by atoms with Crippen molar-refractivity contribution in [2.75, 3.05) is 4.90 Å². The molecule has 0 atom stereocenters. The largest absolute Gasteiger partial charge is 0.464 e. The second kappa shape index (κ2) is 6.29. The van der Waals surface area contributed by atoms with Crippen molar-refractivity contribution < 1.29 is 4.42 Å². The fourth-order valence-corrected chi connectivity index (χ4v) is 2.95. The Balaban J connectivity index is 1.92. The maximum absolute atomic E-state index is 12.3. The first-order chi connectivity index (χ1) is 12.2. The first kappa shape index (κ1) is 15.2. The average molecular weight is 327 g/mol. The van der Waals surface area contributed by atoms with Gasteiger partial charge in [0.25, 0.3) is 0 Å². The van der Waals surface area contributed by atoms with Crippen LogP contribution in [0.2, 0.25) is 0 Å². The third-order valence-corrected chi connectivity index (χ3v) is 4.22. The molecule has 0 bridgehead atoms. The second-order valence-corrected chi connectivity index (χ2v) is 5.93. The van der Waals surface area contributed by atoms with E-state index in [4.69, 9.17) is 4.42 Å². The molecule has 1 aromatic heterocycles. The van der Waals surface area contributed by atoms with Gasteiger partial charge in [-0.2, -0.15) is 0 Å². The van der Waals surface area contributed by atoms with E-state index in [2.05, 4.69) is 29.2 Å². The topological polar surface area (TPSA) is 33.5 Å². The van der Waals surface area contributed by atoms with Crippen LogP contribution in [0.3, 0.4) is 0 Å².